The Morgan fingerprint density at radius 3 is 2.58 bits per heavy atom. The molecule has 1 fully saturated rings. The maximum absolute atomic E-state index is 12.2. The van der Waals surface area contributed by atoms with Crippen molar-refractivity contribution in [3.05, 3.63) is 29.8 Å². The molecular formula is C17H26N2O4S. The number of ether oxygens (including phenoxy) is 1. The van der Waals surface area contributed by atoms with Crippen LogP contribution in [0.5, 0.6) is 5.75 Å². The number of nitrogens with one attached hydrogen (secondary N) is 1. The average molecular weight is 354 g/mol. The first-order valence-electron chi connectivity index (χ1n) is 8.27. The summed E-state index contributed by atoms with van der Waals surface area (Å²) in [7, 11) is -1.76. The van der Waals surface area contributed by atoms with Crippen molar-refractivity contribution >= 4 is 15.9 Å². The van der Waals surface area contributed by atoms with Gasteiger partial charge in [0.2, 0.25) is 15.9 Å². The number of methoxy groups -OCH3 is 1. The molecule has 1 saturated carbocycles. The molecule has 7 heteroatoms. The fraction of sp³-hybridized carbons (Fsp3) is 0.588. The molecule has 0 aromatic heterocycles. The Balaban J connectivity index is 1.87. The highest BCUT2D eigenvalue weighted by Crippen LogP contribution is 2.25. The molecule has 6 nitrogen and oxygen atoms in total. The molecule has 0 unspecified atom stereocenters. The predicted molar refractivity (Wildman–Crippen MR) is 93.5 cm³/mol. The van der Waals surface area contributed by atoms with E-state index in [0.29, 0.717) is 13.0 Å². The van der Waals surface area contributed by atoms with Gasteiger partial charge in [0.25, 0.3) is 0 Å². The van der Waals surface area contributed by atoms with Crippen molar-refractivity contribution in [3.8, 4) is 5.75 Å². The number of hydrogen-bond acceptors (Lipinski definition) is 4. The molecule has 2 rings (SSSR count). The predicted octanol–water partition coefficient (Wildman–Crippen LogP) is 1.56. The Hall–Kier alpha value is -1.60. The lowest BCUT2D eigenvalue weighted by Gasteiger charge is -2.25. The number of amides is 1. The van der Waals surface area contributed by atoms with Crippen LogP contribution in [-0.4, -0.2) is 51.1 Å². The molecule has 24 heavy (non-hydrogen) atoms. The summed E-state index contributed by atoms with van der Waals surface area (Å²) < 4.78 is 30.5. The van der Waals surface area contributed by atoms with Crippen LogP contribution in [0.4, 0.5) is 0 Å². The van der Waals surface area contributed by atoms with Gasteiger partial charge in [-0.15, -0.1) is 0 Å². The van der Waals surface area contributed by atoms with E-state index in [1.807, 2.05) is 24.3 Å². The summed E-state index contributed by atoms with van der Waals surface area (Å²) in [6, 6.07) is 7.60. The highest BCUT2D eigenvalue weighted by Gasteiger charge is 2.30. The number of nitrogens with zero attached hydrogens (tertiary/aromatic N) is 1. The number of carbonyl (C=O) groups excluding carboxylic acids is 1. The van der Waals surface area contributed by atoms with Gasteiger partial charge in [-0.25, -0.2) is 8.42 Å². The first-order valence-corrected chi connectivity index (χ1v) is 10.1. The summed E-state index contributed by atoms with van der Waals surface area (Å²) in [4.78, 5) is 12.2. The lowest BCUT2D eigenvalue weighted by Crippen LogP contribution is -2.45. The van der Waals surface area contributed by atoms with Gasteiger partial charge in [-0.1, -0.05) is 31.0 Å². The summed E-state index contributed by atoms with van der Waals surface area (Å²) in [6.07, 6.45) is 5.52. The minimum Gasteiger partial charge on any atom is -0.496 e. The van der Waals surface area contributed by atoms with E-state index in [0.717, 1.165) is 37.0 Å². The van der Waals surface area contributed by atoms with Crippen LogP contribution < -0.4 is 10.1 Å². The van der Waals surface area contributed by atoms with Crippen molar-refractivity contribution in [2.45, 2.75) is 38.1 Å². The van der Waals surface area contributed by atoms with Crippen molar-refractivity contribution in [2.75, 3.05) is 26.5 Å². The zero-order valence-corrected chi connectivity index (χ0v) is 15.1. The lowest BCUT2D eigenvalue weighted by molar-refractivity contribution is -0.121. The largest absolute Gasteiger partial charge is 0.496 e. The first kappa shape index (κ1) is 18.7. The van der Waals surface area contributed by atoms with E-state index in [4.69, 9.17) is 4.74 Å². The number of rotatable bonds is 8. The number of benzene rings is 1. The molecule has 134 valence electrons. The van der Waals surface area contributed by atoms with E-state index in [-0.39, 0.29) is 18.5 Å². The van der Waals surface area contributed by atoms with Crippen LogP contribution in [0.2, 0.25) is 0 Å². The molecule has 0 heterocycles. The van der Waals surface area contributed by atoms with E-state index < -0.39 is 10.0 Å². The maximum Gasteiger partial charge on any atom is 0.235 e. The van der Waals surface area contributed by atoms with Gasteiger partial charge in [-0.2, -0.15) is 4.31 Å². The van der Waals surface area contributed by atoms with Crippen LogP contribution >= 0.6 is 0 Å². The monoisotopic (exact) mass is 354 g/mol. The van der Waals surface area contributed by atoms with Gasteiger partial charge in [-0.3, -0.25) is 4.79 Å². The minimum atomic E-state index is -3.38. The standard InChI is InChI=1S/C17H26N2O4S/c1-23-16-10-6-3-7-14(16)11-12-18-17(20)13-19(24(2,21)22)15-8-4-5-9-15/h3,6-7,10,15H,4-5,8-9,11-13H2,1-2H3,(H,18,20). The first-order chi connectivity index (χ1) is 11.4. The third-order valence-electron chi connectivity index (χ3n) is 4.37. The van der Waals surface area contributed by atoms with Crippen molar-refractivity contribution in [3.63, 3.8) is 0 Å². The maximum atomic E-state index is 12.2. The molecule has 0 aliphatic heterocycles. The second-order valence-corrected chi connectivity index (χ2v) is 8.09. The van der Waals surface area contributed by atoms with Crippen LogP contribution in [0.3, 0.4) is 0 Å². The van der Waals surface area contributed by atoms with E-state index in [2.05, 4.69) is 5.32 Å². The molecule has 0 radical (unpaired) electrons. The average Bonchev–Trinajstić information content (AvgIpc) is 3.06. The van der Waals surface area contributed by atoms with Crippen LogP contribution in [0, 0.1) is 0 Å². The zero-order chi connectivity index (χ0) is 17.6. The molecule has 1 aromatic carbocycles. The minimum absolute atomic E-state index is 0.0417. The number of carbonyl (C=O) groups is 1. The number of hydrogen-bond donors (Lipinski definition) is 1. The summed E-state index contributed by atoms with van der Waals surface area (Å²) in [6.45, 7) is 0.344. The van der Waals surface area contributed by atoms with Gasteiger partial charge in [-0.05, 0) is 30.9 Å². The second-order valence-electron chi connectivity index (χ2n) is 6.16. The smallest absolute Gasteiger partial charge is 0.235 e. The lowest BCUT2D eigenvalue weighted by atomic mass is 10.1. The third-order valence-corrected chi connectivity index (χ3v) is 5.65. The SMILES string of the molecule is COc1ccccc1CCNC(=O)CN(C1CCCC1)S(C)(=O)=O. The molecule has 0 bridgehead atoms. The Morgan fingerprint density at radius 1 is 1.29 bits per heavy atom. The van der Waals surface area contributed by atoms with Crippen LogP contribution in [-0.2, 0) is 21.2 Å². The Kier molecular flexibility index (Phi) is 6.62. The van der Waals surface area contributed by atoms with E-state index in [1.54, 1.807) is 7.11 Å². The molecule has 1 N–H and O–H groups in total. The summed E-state index contributed by atoms with van der Waals surface area (Å²) >= 11 is 0. The van der Waals surface area contributed by atoms with Gasteiger partial charge in [0.05, 0.1) is 19.9 Å². The summed E-state index contributed by atoms with van der Waals surface area (Å²) in [5.74, 6) is 0.526. The van der Waals surface area contributed by atoms with Crippen molar-refractivity contribution in [2.24, 2.45) is 0 Å². The van der Waals surface area contributed by atoms with Gasteiger partial charge in [0, 0.05) is 12.6 Å². The van der Waals surface area contributed by atoms with Crippen LogP contribution in [0.15, 0.2) is 24.3 Å². The van der Waals surface area contributed by atoms with Gasteiger partial charge in [0.1, 0.15) is 5.75 Å². The van der Waals surface area contributed by atoms with Gasteiger partial charge in [0.15, 0.2) is 0 Å². The topological polar surface area (TPSA) is 75.7 Å². The van der Waals surface area contributed by atoms with E-state index >= 15 is 0 Å². The Morgan fingerprint density at radius 2 is 1.96 bits per heavy atom. The fourth-order valence-electron chi connectivity index (χ4n) is 3.15. The molecule has 0 spiro atoms. The fourth-order valence-corrected chi connectivity index (χ4v) is 4.26. The zero-order valence-electron chi connectivity index (χ0n) is 14.3. The number of para-hydroxylation sites is 1. The van der Waals surface area contributed by atoms with Gasteiger partial charge >= 0.3 is 0 Å². The summed E-state index contributed by atoms with van der Waals surface area (Å²) in [5, 5.41) is 2.81. The van der Waals surface area contributed by atoms with Crippen molar-refractivity contribution in [1.82, 2.24) is 9.62 Å². The molecular weight excluding hydrogens is 328 g/mol. The van der Waals surface area contributed by atoms with E-state index in [9.17, 15) is 13.2 Å². The quantitative estimate of drug-likeness (QED) is 0.769. The molecule has 1 aliphatic carbocycles. The number of sulfonamides is 1. The Bertz CT molecular complexity index is 654. The normalized spacial score (nSPS) is 15.6. The van der Waals surface area contributed by atoms with Crippen LogP contribution in [0.1, 0.15) is 31.2 Å². The highest BCUT2D eigenvalue weighted by molar-refractivity contribution is 7.88. The molecule has 0 atom stereocenters. The Labute approximate surface area is 144 Å². The van der Waals surface area contributed by atoms with Crippen molar-refractivity contribution < 1.29 is 17.9 Å². The molecule has 1 aromatic rings. The summed E-state index contributed by atoms with van der Waals surface area (Å²) in [5.41, 5.74) is 1.01. The van der Waals surface area contributed by atoms with Crippen molar-refractivity contribution in [1.29, 1.82) is 0 Å². The second kappa shape index (κ2) is 8.48. The molecule has 1 amide bonds. The van der Waals surface area contributed by atoms with Crippen LogP contribution in [0.25, 0.3) is 0 Å². The molecule has 0 saturated heterocycles. The third kappa shape index (κ3) is 5.21. The van der Waals surface area contributed by atoms with Gasteiger partial charge < -0.3 is 10.1 Å². The molecule has 1 aliphatic rings. The van der Waals surface area contributed by atoms with E-state index in [1.165, 1.54) is 10.6 Å². The highest BCUT2D eigenvalue weighted by atomic mass is 32.2.